The lowest BCUT2D eigenvalue weighted by Gasteiger charge is -2.50. The maximum absolute atomic E-state index is 6.21. The van der Waals surface area contributed by atoms with Gasteiger partial charge in [0.2, 0.25) is 0 Å². The van der Waals surface area contributed by atoms with Crippen LogP contribution in [0, 0.1) is 5.92 Å². The van der Waals surface area contributed by atoms with Gasteiger partial charge in [-0.1, -0.05) is 0 Å². The second-order valence-corrected chi connectivity index (χ2v) is 7.34. The van der Waals surface area contributed by atoms with Crippen molar-refractivity contribution in [1.82, 2.24) is 14.7 Å². The summed E-state index contributed by atoms with van der Waals surface area (Å²) in [6, 6.07) is 0.646. The van der Waals surface area contributed by atoms with Crippen molar-refractivity contribution in [3.05, 3.63) is 0 Å². The second-order valence-electron chi connectivity index (χ2n) is 7.34. The zero-order valence-electron chi connectivity index (χ0n) is 13.9. The van der Waals surface area contributed by atoms with Gasteiger partial charge in [0, 0.05) is 24.7 Å². The molecular formula is C16H34N4. The number of hydrogen-bond acceptors (Lipinski definition) is 4. The van der Waals surface area contributed by atoms with Crippen LogP contribution in [0.4, 0.5) is 0 Å². The van der Waals surface area contributed by atoms with Gasteiger partial charge in [-0.25, -0.2) is 0 Å². The molecule has 0 amide bonds. The number of nitrogens with two attached hydrogens (primary N) is 1. The topological polar surface area (TPSA) is 35.7 Å². The fraction of sp³-hybridized carbons (Fsp3) is 1.00. The van der Waals surface area contributed by atoms with E-state index in [1.54, 1.807) is 0 Å². The maximum Gasteiger partial charge on any atom is 0.0355 e. The van der Waals surface area contributed by atoms with E-state index < -0.39 is 0 Å². The van der Waals surface area contributed by atoms with Gasteiger partial charge in [0.25, 0.3) is 0 Å². The molecule has 0 spiro atoms. The Morgan fingerprint density at radius 3 is 2.40 bits per heavy atom. The highest BCUT2D eigenvalue weighted by atomic mass is 15.2. The molecule has 2 N–H and O–H groups in total. The van der Waals surface area contributed by atoms with Crippen LogP contribution in [0.5, 0.6) is 0 Å². The van der Waals surface area contributed by atoms with Crippen LogP contribution in [0.2, 0.25) is 0 Å². The molecule has 0 aromatic heterocycles. The van der Waals surface area contributed by atoms with Crippen molar-refractivity contribution >= 4 is 0 Å². The predicted octanol–water partition coefficient (Wildman–Crippen LogP) is 1.07. The molecule has 118 valence electrons. The minimum absolute atomic E-state index is 0.231. The minimum Gasteiger partial charge on any atom is -0.329 e. The first-order valence-electron chi connectivity index (χ1n) is 8.27. The van der Waals surface area contributed by atoms with E-state index in [4.69, 9.17) is 5.73 Å². The summed E-state index contributed by atoms with van der Waals surface area (Å²) in [6.07, 6.45) is 5.12. The Balaban J connectivity index is 1.93. The second kappa shape index (κ2) is 6.73. The van der Waals surface area contributed by atoms with Crippen LogP contribution in [-0.4, -0.2) is 80.1 Å². The molecular weight excluding hydrogens is 248 g/mol. The number of hydrogen-bond donors (Lipinski definition) is 1. The normalized spacial score (nSPS) is 34.8. The Bertz CT molecular complexity index is 301. The van der Waals surface area contributed by atoms with Crippen molar-refractivity contribution in [2.45, 2.75) is 44.2 Å². The van der Waals surface area contributed by atoms with Crippen molar-refractivity contribution in [2.24, 2.45) is 11.7 Å². The van der Waals surface area contributed by atoms with Gasteiger partial charge >= 0.3 is 0 Å². The van der Waals surface area contributed by atoms with E-state index in [1.807, 2.05) is 0 Å². The first kappa shape index (κ1) is 16.2. The van der Waals surface area contributed by atoms with Gasteiger partial charge in [0.05, 0.1) is 0 Å². The third kappa shape index (κ3) is 3.53. The molecule has 4 nitrogen and oxygen atoms in total. The molecule has 2 fully saturated rings. The van der Waals surface area contributed by atoms with Gasteiger partial charge in [-0.15, -0.1) is 0 Å². The lowest BCUT2D eigenvalue weighted by atomic mass is 9.81. The molecule has 0 aromatic rings. The molecule has 2 unspecified atom stereocenters. The Morgan fingerprint density at radius 1 is 1.20 bits per heavy atom. The number of likely N-dealkylation sites (N-methyl/N-ethyl adjacent to an activating group) is 1. The van der Waals surface area contributed by atoms with Crippen molar-refractivity contribution < 1.29 is 0 Å². The summed E-state index contributed by atoms with van der Waals surface area (Å²) >= 11 is 0. The summed E-state index contributed by atoms with van der Waals surface area (Å²) in [5.74, 6) is 0.856. The Labute approximate surface area is 125 Å². The van der Waals surface area contributed by atoms with Crippen LogP contribution >= 0.6 is 0 Å². The molecule has 0 aromatic carbocycles. The van der Waals surface area contributed by atoms with E-state index in [2.05, 4.69) is 42.8 Å². The van der Waals surface area contributed by atoms with E-state index in [9.17, 15) is 0 Å². The largest absolute Gasteiger partial charge is 0.329 e. The van der Waals surface area contributed by atoms with Crippen molar-refractivity contribution in [3.8, 4) is 0 Å². The number of piperidine rings is 2. The lowest BCUT2D eigenvalue weighted by molar-refractivity contribution is 0.0125. The molecule has 2 atom stereocenters. The quantitative estimate of drug-likeness (QED) is 0.837. The van der Waals surface area contributed by atoms with E-state index in [0.717, 1.165) is 12.5 Å². The molecule has 0 radical (unpaired) electrons. The van der Waals surface area contributed by atoms with E-state index in [0.29, 0.717) is 6.04 Å². The third-order valence-electron chi connectivity index (χ3n) is 5.92. The molecule has 2 rings (SSSR count). The number of rotatable bonds is 4. The molecule has 2 saturated heterocycles. The molecule has 4 heteroatoms. The Kier molecular flexibility index (Phi) is 5.46. The van der Waals surface area contributed by atoms with Crippen LogP contribution in [-0.2, 0) is 0 Å². The highest BCUT2D eigenvalue weighted by Gasteiger charge is 2.39. The fourth-order valence-corrected chi connectivity index (χ4v) is 3.93. The maximum atomic E-state index is 6.21. The molecule has 0 bridgehead atoms. The van der Waals surface area contributed by atoms with Crippen LogP contribution in [0.3, 0.4) is 0 Å². The molecule has 20 heavy (non-hydrogen) atoms. The Hall–Kier alpha value is -0.160. The van der Waals surface area contributed by atoms with Crippen LogP contribution in [0.15, 0.2) is 0 Å². The monoisotopic (exact) mass is 282 g/mol. The summed E-state index contributed by atoms with van der Waals surface area (Å²) in [5, 5.41) is 0. The van der Waals surface area contributed by atoms with Crippen molar-refractivity contribution in [2.75, 3.05) is 53.9 Å². The predicted molar refractivity (Wildman–Crippen MR) is 86.0 cm³/mol. The summed E-state index contributed by atoms with van der Waals surface area (Å²) in [6.45, 7) is 8.05. The van der Waals surface area contributed by atoms with Crippen LogP contribution in [0.25, 0.3) is 0 Å². The number of nitrogens with zero attached hydrogens (tertiary/aromatic N) is 3. The lowest BCUT2D eigenvalue weighted by Crippen LogP contribution is -2.60. The Morgan fingerprint density at radius 2 is 1.85 bits per heavy atom. The zero-order chi connectivity index (χ0) is 14.8. The van der Waals surface area contributed by atoms with E-state index in [1.165, 1.54) is 51.9 Å². The average molecular weight is 282 g/mol. The van der Waals surface area contributed by atoms with Gasteiger partial charge in [-0.05, 0) is 79.3 Å². The third-order valence-corrected chi connectivity index (χ3v) is 5.92. The van der Waals surface area contributed by atoms with Gasteiger partial charge < -0.3 is 15.5 Å². The van der Waals surface area contributed by atoms with E-state index >= 15 is 0 Å². The standard InChI is InChI=1S/C16H34N4/c1-14-11-16(13-17,7-10-19(14)3)20(4)12-15-5-8-18(2)9-6-15/h14-15H,5-13,17H2,1-4H3. The molecule has 0 saturated carbocycles. The molecule has 2 heterocycles. The van der Waals surface area contributed by atoms with Gasteiger partial charge in [-0.3, -0.25) is 4.90 Å². The number of likely N-dealkylation sites (tertiary alicyclic amines) is 2. The first-order chi connectivity index (χ1) is 9.47. The summed E-state index contributed by atoms with van der Waals surface area (Å²) < 4.78 is 0. The van der Waals surface area contributed by atoms with Crippen LogP contribution < -0.4 is 5.73 Å². The van der Waals surface area contributed by atoms with Gasteiger partial charge in [0.15, 0.2) is 0 Å². The summed E-state index contributed by atoms with van der Waals surface area (Å²) in [5.41, 5.74) is 6.44. The SMILES string of the molecule is CC1CC(CN)(N(C)CC2CCN(C)CC2)CCN1C. The van der Waals surface area contributed by atoms with E-state index in [-0.39, 0.29) is 5.54 Å². The van der Waals surface area contributed by atoms with Crippen molar-refractivity contribution in [3.63, 3.8) is 0 Å². The zero-order valence-corrected chi connectivity index (χ0v) is 13.9. The smallest absolute Gasteiger partial charge is 0.0355 e. The first-order valence-corrected chi connectivity index (χ1v) is 8.27. The van der Waals surface area contributed by atoms with Gasteiger partial charge in [0.1, 0.15) is 0 Å². The fourth-order valence-electron chi connectivity index (χ4n) is 3.93. The minimum atomic E-state index is 0.231. The molecule has 2 aliphatic heterocycles. The highest BCUT2D eigenvalue weighted by Crippen LogP contribution is 2.31. The molecule has 2 aliphatic rings. The molecule has 0 aliphatic carbocycles. The summed E-state index contributed by atoms with van der Waals surface area (Å²) in [7, 11) is 6.78. The highest BCUT2D eigenvalue weighted by molar-refractivity contribution is 4.98. The van der Waals surface area contributed by atoms with Crippen LogP contribution in [0.1, 0.15) is 32.6 Å². The van der Waals surface area contributed by atoms with Gasteiger partial charge in [-0.2, -0.15) is 0 Å². The van der Waals surface area contributed by atoms with Crippen molar-refractivity contribution in [1.29, 1.82) is 0 Å². The summed E-state index contributed by atoms with van der Waals surface area (Å²) in [4.78, 5) is 7.52. The average Bonchev–Trinajstić information content (AvgIpc) is 2.44.